The maximum atomic E-state index is 6.13. The van der Waals surface area contributed by atoms with Crippen molar-refractivity contribution in [2.45, 2.75) is 18.5 Å². The Kier molecular flexibility index (Phi) is 2.42. The first kappa shape index (κ1) is 9.87. The van der Waals surface area contributed by atoms with Crippen LogP contribution in [-0.2, 0) is 0 Å². The number of anilines is 1. The molecule has 0 bridgehead atoms. The molecule has 0 amide bonds. The van der Waals surface area contributed by atoms with Crippen molar-refractivity contribution in [2.75, 3.05) is 5.32 Å². The lowest BCUT2D eigenvalue weighted by atomic mass is 10.1. The van der Waals surface area contributed by atoms with E-state index < -0.39 is 0 Å². The quantitative estimate of drug-likeness (QED) is 0.830. The topological polar surface area (TPSA) is 38.0 Å². The maximum absolute atomic E-state index is 6.13. The van der Waals surface area contributed by atoms with Gasteiger partial charge in [-0.1, -0.05) is 24.3 Å². The molecule has 1 heterocycles. The van der Waals surface area contributed by atoms with Crippen molar-refractivity contribution in [3.05, 3.63) is 52.2 Å². The van der Waals surface area contributed by atoms with E-state index in [2.05, 4.69) is 46.4 Å². The van der Waals surface area contributed by atoms with Crippen molar-refractivity contribution in [3.63, 3.8) is 0 Å². The smallest absolute Gasteiger partial charge is 0.0535 e. The van der Waals surface area contributed by atoms with Crippen LogP contribution in [0.1, 0.15) is 29.6 Å². The molecule has 3 heteroatoms. The van der Waals surface area contributed by atoms with Gasteiger partial charge in [0.15, 0.2) is 0 Å². The van der Waals surface area contributed by atoms with Gasteiger partial charge in [0.25, 0.3) is 0 Å². The zero-order valence-electron chi connectivity index (χ0n) is 8.89. The number of hydrogen-bond acceptors (Lipinski definition) is 3. The van der Waals surface area contributed by atoms with Crippen LogP contribution < -0.4 is 11.1 Å². The normalized spacial score (nSPS) is 23.1. The molecule has 1 aromatic carbocycles. The van der Waals surface area contributed by atoms with E-state index in [0.717, 1.165) is 6.42 Å². The van der Waals surface area contributed by atoms with Gasteiger partial charge in [0, 0.05) is 17.1 Å². The molecule has 2 atom stereocenters. The summed E-state index contributed by atoms with van der Waals surface area (Å²) in [7, 11) is 0. The average molecular weight is 230 g/mol. The number of rotatable bonds is 2. The minimum absolute atomic E-state index is 0.173. The largest absolute Gasteiger partial charge is 0.377 e. The minimum atomic E-state index is 0.173. The van der Waals surface area contributed by atoms with Gasteiger partial charge in [0.1, 0.15) is 0 Å². The lowest BCUT2D eigenvalue weighted by molar-refractivity contribution is 0.649. The molecule has 3 N–H and O–H groups in total. The zero-order valence-corrected chi connectivity index (χ0v) is 9.71. The SMILES string of the molecule is NC1CC(Nc2ccsc2)c2ccccc21. The molecular formula is C13H14N2S. The number of nitrogens with one attached hydrogen (secondary N) is 1. The molecule has 0 fully saturated rings. The number of fused-ring (bicyclic) bond motifs is 1. The van der Waals surface area contributed by atoms with Crippen molar-refractivity contribution in [1.82, 2.24) is 0 Å². The zero-order chi connectivity index (χ0) is 11.0. The highest BCUT2D eigenvalue weighted by Gasteiger charge is 2.27. The lowest BCUT2D eigenvalue weighted by Gasteiger charge is -2.13. The second-order valence-corrected chi connectivity index (χ2v) is 4.96. The van der Waals surface area contributed by atoms with Gasteiger partial charge in [-0.15, -0.1) is 0 Å². The van der Waals surface area contributed by atoms with Gasteiger partial charge in [-0.05, 0) is 29.0 Å². The van der Waals surface area contributed by atoms with Crippen LogP contribution in [0.2, 0.25) is 0 Å². The molecule has 0 radical (unpaired) electrons. The average Bonchev–Trinajstić information content (AvgIpc) is 2.90. The van der Waals surface area contributed by atoms with Crippen molar-refractivity contribution in [1.29, 1.82) is 0 Å². The third-order valence-corrected chi connectivity index (χ3v) is 3.81. The fraction of sp³-hybridized carbons (Fsp3) is 0.231. The van der Waals surface area contributed by atoms with Crippen LogP contribution in [0.15, 0.2) is 41.1 Å². The van der Waals surface area contributed by atoms with Crippen LogP contribution in [0.25, 0.3) is 0 Å². The number of nitrogens with two attached hydrogens (primary N) is 1. The summed E-state index contributed by atoms with van der Waals surface area (Å²) in [4.78, 5) is 0. The maximum Gasteiger partial charge on any atom is 0.0535 e. The van der Waals surface area contributed by atoms with Gasteiger partial charge < -0.3 is 11.1 Å². The van der Waals surface area contributed by atoms with Crippen molar-refractivity contribution in [2.24, 2.45) is 5.73 Å². The summed E-state index contributed by atoms with van der Waals surface area (Å²) in [6.45, 7) is 0. The molecule has 82 valence electrons. The van der Waals surface area contributed by atoms with E-state index in [4.69, 9.17) is 5.73 Å². The summed E-state index contributed by atoms with van der Waals surface area (Å²) in [6.07, 6.45) is 0.981. The minimum Gasteiger partial charge on any atom is -0.377 e. The number of benzene rings is 1. The molecule has 0 saturated carbocycles. The molecule has 1 aromatic heterocycles. The molecule has 2 aromatic rings. The fourth-order valence-corrected chi connectivity index (χ4v) is 2.96. The van der Waals surface area contributed by atoms with E-state index in [1.807, 2.05) is 0 Å². The molecule has 16 heavy (non-hydrogen) atoms. The van der Waals surface area contributed by atoms with E-state index in [1.54, 1.807) is 11.3 Å². The van der Waals surface area contributed by atoms with E-state index in [1.165, 1.54) is 16.8 Å². The molecule has 0 saturated heterocycles. The van der Waals surface area contributed by atoms with Crippen LogP contribution in [0.4, 0.5) is 5.69 Å². The van der Waals surface area contributed by atoms with Gasteiger partial charge in [-0.3, -0.25) is 0 Å². The molecule has 3 rings (SSSR count). The molecule has 1 aliphatic carbocycles. The van der Waals surface area contributed by atoms with Crippen LogP contribution in [0.3, 0.4) is 0 Å². The van der Waals surface area contributed by atoms with Crippen LogP contribution in [0.5, 0.6) is 0 Å². The summed E-state index contributed by atoms with van der Waals surface area (Å²) < 4.78 is 0. The Bertz CT molecular complexity index is 478. The molecule has 0 spiro atoms. The highest BCUT2D eigenvalue weighted by atomic mass is 32.1. The molecule has 0 aliphatic heterocycles. The van der Waals surface area contributed by atoms with E-state index in [-0.39, 0.29) is 6.04 Å². The summed E-state index contributed by atoms with van der Waals surface area (Å²) >= 11 is 1.71. The van der Waals surface area contributed by atoms with Gasteiger partial charge in [0.2, 0.25) is 0 Å². The highest BCUT2D eigenvalue weighted by molar-refractivity contribution is 7.08. The molecule has 1 aliphatic rings. The predicted molar refractivity (Wildman–Crippen MR) is 68.7 cm³/mol. The van der Waals surface area contributed by atoms with Crippen LogP contribution in [0, 0.1) is 0 Å². The Morgan fingerprint density at radius 2 is 2.00 bits per heavy atom. The molecule has 2 nitrogen and oxygen atoms in total. The standard InChI is InChI=1S/C13H14N2S/c14-12-7-13(15-9-5-6-16-8-9)11-4-2-1-3-10(11)12/h1-6,8,12-13,15H,7,14H2. The monoisotopic (exact) mass is 230 g/mol. The second-order valence-electron chi connectivity index (χ2n) is 4.18. The lowest BCUT2D eigenvalue weighted by Crippen LogP contribution is -2.09. The predicted octanol–water partition coefficient (Wildman–Crippen LogP) is 3.30. The van der Waals surface area contributed by atoms with Crippen molar-refractivity contribution in [3.8, 4) is 0 Å². The summed E-state index contributed by atoms with van der Waals surface area (Å²) in [5.74, 6) is 0. The first-order valence-electron chi connectivity index (χ1n) is 5.48. The summed E-state index contributed by atoms with van der Waals surface area (Å²) in [6, 6.07) is 11.1. The van der Waals surface area contributed by atoms with Gasteiger partial charge in [-0.2, -0.15) is 11.3 Å². The van der Waals surface area contributed by atoms with Crippen LogP contribution in [-0.4, -0.2) is 0 Å². The van der Waals surface area contributed by atoms with Gasteiger partial charge >= 0.3 is 0 Å². The number of thiophene rings is 1. The number of hydrogen-bond donors (Lipinski definition) is 2. The van der Waals surface area contributed by atoms with Gasteiger partial charge in [-0.25, -0.2) is 0 Å². The first-order valence-corrected chi connectivity index (χ1v) is 6.42. The third kappa shape index (κ3) is 1.62. The van der Waals surface area contributed by atoms with Crippen LogP contribution >= 0.6 is 11.3 Å². The molecule has 2 unspecified atom stereocenters. The Hall–Kier alpha value is -1.32. The van der Waals surface area contributed by atoms with E-state index in [9.17, 15) is 0 Å². The fourth-order valence-electron chi connectivity index (χ4n) is 2.36. The highest BCUT2D eigenvalue weighted by Crippen LogP contribution is 2.39. The summed E-state index contributed by atoms with van der Waals surface area (Å²) in [5, 5.41) is 7.76. The summed E-state index contributed by atoms with van der Waals surface area (Å²) in [5.41, 5.74) is 9.96. The Balaban J connectivity index is 1.89. The Labute approximate surface area is 99.1 Å². The second kappa shape index (κ2) is 3.92. The van der Waals surface area contributed by atoms with E-state index >= 15 is 0 Å². The van der Waals surface area contributed by atoms with E-state index in [0.29, 0.717) is 6.04 Å². The van der Waals surface area contributed by atoms with Gasteiger partial charge in [0.05, 0.1) is 6.04 Å². The third-order valence-electron chi connectivity index (χ3n) is 3.12. The van der Waals surface area contributed by atoms with Crippen molar-refractivity contribution >= 4 is 17.0 Å². The Morgan fingerprint density at radius 3 is 2.75 bits per heavy atom. The Morgan fingerprint density at radius 1 is 1.19 bits per heavy atom. The molecular weight excluding hydrogens is 216 g/mol. The van der Waals surface area contributed by atoms with Crippen molar-refractivity contribution < 1.29 is 0 Å². The first-order chi connectivity index (χ1) is 7.84.